The molecule has 1 N–H and O–H groups in total. The Labute approximate surface area is 240 Å². The Bertz CT molecular complexity index is 1370. The van der Waals surface area contributed by atoms with Gasteiger partial charge >= 0.3 is 5.97 Å². The standard InChI is InChI=1S/C35H47N3O2/c1-4-25-12-14-30-31(21-25)36(18-16-26-9-8-17-37(23-26)24(2)3)19-20-38-32-22-28(35(39)40)13-15-29(32)33(34(30)38)27-10-6-5-7-11-27/h12-15,21-22,24,26-27H,4-11,16-20,23H2,1-3H3,(H,39,40). The Morgan fingerprint density at radius 2 is 1.80 bits per heavy atom. The number of aromatic carboxylic acids is 1. The molecular formula is C35H47N3O2. The van der Waals surface area contributed by atoms with Crippen LogP contribution in [0.2, 0.25) is 0 Å². The number of aromatic nitrogens is 1. The average Bonchev–Trinajstić information content (AvgIpc) is 3.21. The molecule has 1 unspecified atom stereocenters. The van der Waals surface area contributed by atoms with Crippen LogP contribution in [0, 0.1) is 5.92 Å². The van der Waals surface area contributed by atoms with Crippen LogP contribution in [0.25, 0.3) is 22.2 Å². The van der Waals surface area contributed by atoms with Crippen molar-refractivity contribution in [3.05, 3.63) is 53.1 Å². The van der Waals surface area contributed by atoms with Crippen LogP contribution >= 0.6 is 0 Å². The Balaban J connectivity index is 1.43. The summed E-state index contributed by atoms with van der Waals surface area (Å²) >= 11 is 0. The molecule has 2 fully saturated rings. The van der Waals surface area contributed by atoms with Crippen molar-refractivity contribution in [1.82, 2.24) is 9.47 Å². The van der Waals surface area contributed by atoms with Crippen molar-refractivity contribution in [2.75, 3.05) is 31.1 Å². The summed E-state index contributed by atoms with van der Waals surface area (Å²) in [6, 6.07) is 13.6. The molecule has 1 aromatic heterocycles. The third kappa shape index (κ3) is 5.18. The van der Waals surface area contributed by atoms with Crippen LogP contribution in [0.3, 0.4) is 0 Å². The summed E-state index contributed by atoms with van der Waals surface area (Å²) in [7, 11) is 0. The van der Waals surface area contributed by atoms with Crippen LogP contribution in [0.5, 0.6) is 0 Å². The van der Waals surface area contributed by atoms with E-state index in [9.17, 15) is 9.90 Å². The minimum absolute atomic E-state index is 0.387. The number of rotatable bonds is 7. The van der Waals surface area contributed by atoms with Crippen molar-refractivity contribution in [3.63, 3.8) is 0 Å². The highest BCUT2D eigenvalue weighted by Gasteiger charge is 2.31. The molecule has 1 saturated carbocycles. The second-order valence-electron chi connectivity index (χ2n) is 12.9. The molecule has 3 heterocycles. The van der Waals surface area contributed by atoms with E-state index < -0.39 is 5.97 Å². The first-order chi connectivity index (χ1) is 19.4. The van der Waals surface area contributed by atoms with Gasteiger partial charge < -0.3 is 19.5 Å². The summed E-state index contributed by atoms with van der Waals surface area (Å²) < 4.78 is 2.48. The molecule has 0 amide bonds. The van der Waals surface area contributed by atoms with Crippen molar-refractivity contribution in [2.45, 2.75) is 97.1 Å². The predicted octanol–water partition coefficient (Wildman–Crippen LogP) is 7.95. The number of hydrogen-bond donors (Lipinski definition) is 1. The monoisotopic (exact) mass is 541 g/mol. The molecular weight excluding hydrogens is 494 g/mol. The van der Waals surface area contributed by atoms with Crippen molar-refractivity contribution in [2.24, 2.45) is 5.92 Å². The summed E-state index contributed by atoms with van der Waals surface area (Å²) in [5.74, 6) is 0.452. The highest BCUT2D eigenvalue weighted by atomic mass is 16.4. The minimum Gasteiger partial charge on any atom is -0.478 e. The maximum absolute atomic E-state index is 12.0. The summed E-state index contributed by atoms with van der Waals surface area (Å²) in [4.78, 5) is 17.3. The lowest BCUT2D eigenvalue weighted by Gasteiger charge is -2.36. The summed E-state index contributed by atoms with van der Waals surface area (Å²) in [6.45, 7) is 12.3. The number of carboxylic acid groups (broad SMARTS) is 1. The Hall–Kier alpha value is -2.79. The second kappa shape index (κ2) is 11.6. The number of hydrogen-bond acceptors (Lipinski definition) is 3. The van der Waals surface area contributed by atoms with Gasteiger partial charge in [-0.2, -0.15) is 0 Å². The van der Waals surface area contributed by atoms with E-state index in [-0.39, 0.29) is 0 Å². The molecule has 1 atom stereocenters. The van der Waals surface area contributed by atoms with Crippen LogP contribution in [0.15, 0.2) is 36.4 Å². The van der Waals surface area contributed by atoms with E-state index in [1.807, 2.05) is 12.1 Å². The van der Waals surface area contributed by atoms with Gasteiger partial charge in [0, 0.05) is 54.4 Å². The molecule has 1 saturated heterocycles. The molecule has 1 aliphatic carbocycles. The molecule has 40 heavy (non-hydrogen) atoms. The van der Waals surface area contributed by atoms with Crippen LogP contribution in [0.4, 0.5) is 5.69 Å². The van der Waals surface area contributed by atoms with Gasteiger partial charge in [-0.15, -0.1) is 0 Å². The number of aryl methyl sites for hydroxylation is 1. The van der Waals surface area contributed by atoms with E-state index >= 15 is 0 Å². The third-order valence-corrected chi connectivity index (χ3v) is 10.1. The first kappa shape index (κ1) is 27.4. The average molecular weight is 542 g/mol. The fourth-order valence-corrected chi connectivity index (χ4v) is 7.81. The van der Waals surface area contributed by atoms with Gasteiger partial charge in [-0.25, -0.2) is 4.79 Å². The molecule has 5 heteroatoms. The molecule has 3 aromatic rings. The summed E-state index contributed by atoms with van der Waals surface area (Å²) in [5.41, 5.74) is 8.43. The van der Waals surface area contributed by atoms with Gasteiger partial charge in [-0.1, -0.05) is 44.4 Å². The van der Waals surface area contributed by atoms with E-state index in [1.54, 1.807) is 0 Å². The molecule has 3 aliphatic rings. The van der Waals surface area contributed by atoms with Gasteiger partial charge in [0.1, 0.15) is 0 Å². The molecule has 5 nitrogen and oxygen atoms in total. The van der Waals surface area contributed by atoms with E-state index in [4.69, 9.17) is 0 Å². The van der Waals surface area contributed by atoms with Crippen molar-refractivity contribution < 1.29 is 9.90 Å². The lowest BCUT2D eigenvalue weighted by molar-refractivity contribution is 0.0697. The van der Waals surface area contributed by atoms with Crippen molar-refractivity contribution in [1.29, 1.82) is 0 Å². The Kier molecular flexibility index (Phi) is 7.94. The SMILES string of the molecule is CCc1ccc2c(c1)N(CCC1CCCN(C(C)C)C1)CCn1c-2c(C2CCCCC2)c2ccc(C(=O)O)cc21. The van der Waals surface area contributed by atoms with Gasteiger partial charge in [-0.05, 0) is 100 Å². The summed E-state index contributed by atoms with van der Waals surface area (Å²) in [5, 5.41) is 11.1. The lowest BCUT2D eigenvalue weighted by atomic mass is 9.81. The van der Waals surface area contributed by atoms with Crippen LogP contribution in [-0.4, -0.2) is 52.8 Å². The smallest absolute Gasteiger partial charge is 0.335 e. The number of anilines is 1. The zero-order valence-electron chi connectivity index (χ0n) is 24.8. The number of carbonyl (C=O) groups is 1. The number of piperidine rings is 1. The van der Waals surface area contributed by atoms with E-state index in [0.29, 0.717) is 17.5 Å². The molecule has 0 spiro atoms. The zero-order valence-corrected chi connectivity index (χ0v) is 24.8. The minimum atomic E-state index is -0.845. The topological polar surface area (TPSA) is 48.7 Å². The van der Waals surface area contributed by atoms with Crippen molar-refractivity contribution >= 4 is 22.6 Å². The number of nitrogens with zero attached hydrogens (tertiary/aromatic N) is 3. The molecule has 214 valence electrons. The van der Waals surface area contributed by atoms with Crippen molar-refractivity contribution in [3.8, 4) is 11.3 Å². The van der Waals surface area contributed by atoms with Crippen LogP contribution < -0.4 is 4.90 Å². The highest BCUT2D eigenvalue weighted by Crippen LogP contribution is 2.47. The molecule has 0 radical (unpaired) electrons. The number of likely N-dealkylation sites (tertiary alicyclic amines) is 1. The maximum Gasteiger partial charge on any atom is 0.335 e. The summed E-state index contributed by atoms with van der Waals surface area (Å²) in [6.07, 6.45) is 11.3. The van der Waals surface area contributed by atoms with Crippen LogP contribution in [0.1, 0.15) is 99.5 Å². The van der Waals surface area contributed by atoms with Gasteiger partial charge in [-0.3, -0.25) is 0 Å². The Morgan fingerprint density at radius 1 is 0.975 bits per heavy atom. The van der Waals surface area contributed by atoms with Crippen LogP contribution in [-0.2, 0) is 13.0 Å². The van der Waals surface area contributed by atoms with E-state index in [1.165, 1.54) is 97.9 Å². The number of fused-ring (bicyclic) bond motifs is 5. The first-order valence-corrected chi connectivity index (χ1v) is 16.0. The van der Waals surface area contributed by atoms with E-state index in [2.05, 4.69) is 59.4 Å². The third-order valence-electron chi connectivity index (χ3n) is 10.1. The Morgan fingerprint density at radius 3 is 2.55 bits per heavy atom. The van der Waals surface area contributed by atoms with Gasteiger partial charge in [0.15, 0.2) is 0 Å². The second-order valence-corrected chi connectivity index (χ2v) is 12.9. The normalized spacial score (nSPS) is 20.5. The van der Waals surface area contributed by atoms with Gasteiger partial charge in [0.05, 0.1) is 11.3 Å². The molecule has 2 aliphatic heterocycles. The molecule has 0 bridgehead atoms. The molecule has 2 aromatic carbocycles. The lowest BCUT2D eigenvalue weighted by Crippen LogP contribution is -2.41. The quantitative estimate of drug-likeness (QED) is 0.330. The fourth-order valence-electron chi connectivity index (χ4n) is 7.81. The zero-order chi connectivity index (χ0) is 27.8. The molecule has 6 rings (SSSR count). The largest absolute Gasteiger partial charge is 0.478 e. The highest BCUT2D eigenvalue weighted by molar-refractivity contribution is 5.99. The number of carboxylic acids is 1. The first-order valence-electron chi connectivity index (χ1n) is 16.0. The van der Waals surface area contributed by atoms with Gasteiger partial charge in [0.25, 0.3) is 0 Å². The predicted molar refractivity (Wildman–Crippen MR) is 166 cm³/mol. The fraction of sp³-hybridized carbons (Fsp3) is 0.571. The maximum atomic E-state index is 12.0. The number of benzene rings is 2. The van der Waals surface area contributed by atoms with Gasteiger partial charge in [0.2, 0.25) is 0 Å². The van der Waals surface area contributed by atoms with E-state index in [0.717, 1.165) is 37.5 Å².